The number of nitrogens with one attached hydrogen (secondary N) is 1. The van der Waals surface area contributed by atoms with E-state index in [1.165, 1.54) is 0 Å². The molecule has 0 radical (unpaired) electrons. The lowest BCUT2D eigenvalue weighted by Crippen LogP contribution is -2.51. The molecule has 5 nitrogen and oxygen atoms in total. The monoisotopic (exact) mass is 300 g/mol. The Morgan fingerprint density at radius 1 is 1.52 bits per heavy atom. The molecule has 2 atom stereocenters. The van der Waals surface area contributed by atoms with Crippen LogP contribution in [-0.2, 0) is 9.53 Å². The second kappa shape index (κ2) is 8.11. The first kappa shape index (κ1) is 18.4. The first-order valence-corrected chi connectivity index (χ1v) is 8.11. The molecular formula is C16H32N2O3. The number of carboxylic acid groups (broad SMARTS) is 1. The number of rotatable bonds is 9. The van der Waals surface area contributed by atoms with Gasteiger partial charge in [-0.15, -0.1) is 0 Å². The topological polar surface area (TPSA) is 61.8 Å². The summed E-state index contributed by atoms with van der Waals surface area (Å²) in [6, 6.07) is 0. The molecule has 0 aliphatic carbocycles. The molecule has 2 unspecified atom stereocenters. The van der Waals surface area contributed by atoms with Gasteiger partial charge in [-0.25, -0.2) is 0 Å². The highest BCUT2D eigenvalue weighted by Gasteiger charge is 2.33. The van der Waals surface area contributed by atoms with Crippen LogP contribution in [0.5, 0.6) is 0 Å². The van der Waals surface area contributed by atoms with Crippen molar-refractivity contribution in [3.05, 3.63) is 0 Å². The zero-order valence-corrected chi connectivity index (χ0v) is 14.1. The van der Waals surface area contributed by atoms with Gasteiger partial charge in [-0.05, 0) is 65.6 Å². The molecule has 0 aromatic carbocycles. The average Bonchev–Trinajstić information content (AvgIpc) is 2.45. The number of ether oxygens (including phenoxy) is 1. The molecular weight excluding hydrogens is 268 g/mol. The van der Waals surface area contributed by atoms with Gasteiger partial charge in [0.05, 0.1) is 5.60 Å². The van der Waals surface area contributed by atoms with E-state index in [-0.39, 0.29) is 5.60 Å². The Bertz CT molecular complexity index is 337. The number of hydrogen-bond acceptors (Lipinski definition) is 4. The van der Waals surface area contributed by atoms with Gasteiger partial charge in [0.15, 0.2) is 0 Å². The van der Waals surface area contributed by atoms with Crippen molar-refractivity contribution in [2.45, 2.75) is 64.0 Å². The molecule has 1 saturated heterocycles. The third-order valence-corrected chi connectivity index (χ3v) is 4.62. The highest BCUT2D eigenvalue weighted by atomic mass is 16.5. The molecule has 1 fully saturated rings. The summed E-state index contributed by atoms with van der Waals surface area (Å²) in [5, 5.41) is 12.6. The molecule has 1 rings (SSSR count). The lowest BCUT2D eigenvalue weighted by Gasteiger charge is -2.39. The fraction of sp³-hybridized carbons (Fsp3) is 0.938. The van der Waals surface area contributed by atoms with Gasteiger partial charge in [-0.2, -0.15) is 0 Å². The fourth-order valence-corrected chi connectivity index (χ4v) is 2.99. The van der Waals surface area contributed by atoms with E-state index in [1.54, 1.807) is 14.0 Å². The fourth-order valence-electron chi connectivity index (χ4n) is 2.99. The van der Waals surface area contributed by atoms with Crippen LogP contribution in [0.1, 0.15) is 52.9 Å². The average molecular weight is 300 g/mol. The lowest BCUT2D eigenvalue weighted by molar-refractivity contribution is -0.144. The quantitative estimate of drug-likeness (QED) is 0.683. The molecule has 0 aromatic rings. The van der Waals surface area contributed by atoms with Gasteiger partial charge in [-0.1, -0.05) is 6.92 Å². The molecule has 1 heterocycles. The summed E-state index contributed by atoms with van der Waals surface area (Å²) in [7, 11) is 1.78. The van der Waals surface area contributed by atoms with Crippen LogP contribution in [-0.4, -0.2) is 60.4 Å². The molecule has 0 spiro atoms. The van der Waals surface area contributed by atoms with E-state index in [1.807, 2.05) is 0 Å². The standard InChI is InChI=1S/C16H32N2O3/c1-5-10-17-16(3,14(19)20)9-7-12-18-11-6-8-15(2,13-18)21-4/h17H,5-13H2,1-4H3,(H,19,20). The summed E-state index contributed by atoms with van der Waals surface area (Å²) in [4.78, 5) is 13.9. The maximum absolute atomic E-state index is 11.5. The summed E-state index contributed by atoms with van der Waals surface area (Å²) in [6.45, 7) is 9.71. The molecule has 0 saturated carbocycles. The van der Waals surface area contributed by atoms with Crippen molar-refractivity contribution in [1.82, 2.24) is 10.2 Å². The Morgan fingerprint density at radius 3 is 2.81 bits per heavy atom. The molecule has 0 bridgehead atoms. The first-order chi connectivity index (χ1) is 9.85. The largest absolute Gasteiger partial charge is 0.480 e. The van der Waals surface area contributed by atoms with E-state index in [4.69, 9.17) is 4.74 Å². The predicted molar refractivity (Wildman–Crippen MR) is 84.7 cm³/mol. The summed E-state index contributed by atoms with van der Waals surface area (Å²) >= 11 is 0. The van der Waals surface area contributed by atoms with Crippen LogP contribution < -0.4 is 5.32 Å². The van der Waals surface area contributed by atoms with Crippen molar-refractivity contribution in [3.8, 4) is 0 Å². The number of methoxy groups -OCH3 is 1. The van der Waals surface area contributed by atoms with Gasteiger partial charge in [0.25, 0.3) is 0 Å². The summed E-state index contributed by atoms with van der Waals surface area (Å²) < 4.78 is 5.60. The van der Waals surface area contributed by atoms with E-state index in [0.717, 1.165) is 51.9 Å². The minimum Gasteiger partial charge on any atom is -0.480 e. The van der Waals surface area contributed by atoms with Crippen molar-refractivity contribution in [2.75, 3.05) is 33.3 Å². The molecule has 0 aromatic heterocycles. The second-order valence-electron chi connectivity index (χ2n) is 6.70. The number of aliphatic carboxylic acids is 1. The Balaban J connectivity index is 2.41. The van der Waals surface area contributed by atoms with E-state index >= 15 is 0 Å². The first-order valence-electron chi connectivity index (χ1n) is 8.11. The highest BCUT2D eigenvalue weighted by molar-refractivity contribution is 5.78. The summed E-state index contributed by atoms with van der Waals surface area (Å²) in [6.07, 6.45) is 4.74. The maximum atomic E-state index is 11.5. The van der Waals surface area contributed by atoms with E-state index in [0.29, 0.717) is 6.42 Å². The molecule has 21 heavy (non-hydrogen) atoms. The number of piperidine rings is 1. The third-order valence-electron chi connectivity index (χ3n) is 4.62. The second-order valence-corrected chi connectivity index (χ2v) is 6.70. The van der Waals surface area contributed by atoms with Crippen molar-refractivity contribution in [2.24, 2.45) is 0 Å². The Morgan fingerprint density at radius 2 is 2.24 bits per heavy atom. The number of nitrogens with zero attached hydrogens (tertiary/aromatic N) is 1. The van der Waals surface area contributed by atoms with Gasteiger partial charge in [0.2, 0.25) is 0 Å². The van der Waals surface area contributed by atoms with Crippen LogP contribution >= 0.6 is 0 Å². The Hall–Kier alpha value is -0.650. The van der Waals surface area contributed by atoms with Crippen LogP contribution in [0, 0.1) is 0 Å². The van der Waals surface area contributed by atoms with Crippen molar-refractivity contribution < 1.29 is 14.6 Å². The van der Waals surface area contributed by atoms with Crippen molar-refractivity contribution in [3.63, 3.8) is 0 Å². The molecule has 2 N–H and O–H groups in total. The van der Waals surface area contributed by atoms with Gasteiger partial charge in [0, 0.05) is 13.7 Å². The minimum atomic E-state index is -0.809. The van der Waals surface area contributed by atoms with Crippen molar-refractivity contribution in [1.29, 1.82) is 0 Å². The molecule has 0 amide bonds. The van der Waals surface area contributed by atoms with Crippen LogP contribution in [0.3, 0.4) is 0 Å². The summed E-state index contributed by atoms with van der Waals surface area (Å²) in [5.41, 5.74) is -0.856. The smallest absolute Gasteiger partial charge is 0.323 e. The third kappa shape index (κ3) is 5.57. The van der Waals surface area contributed by atoms with Crippen molar-refractivity contribution >= 4 is 5.97 Å². The maximum Gasteiger partial charge on any atom is 0.323 e. The lowest BCUT2D eigenvalue weighted by atomic mass is 9.93. The zero-order chi connectivity index (χ0) is 15.9. The highest BCUT2D eigenvalue weighted by Crippen LogP contribution is 2.24. The number of carboxylic acids is 1. The van der Waals surface area contributed by atoms with Gasteiger partial charge in [0.1, 0.15) is 5.54 Å². The van der Waals surface area contributed by atoms with Gasteiger partial charge >= 0.3 is 5.97 Å². The number of carbonyl (C=O) groups is 1. The number of hydrogen-bond donors (Lipinski definition) is 2. The van der Waals surface area contributed by atoms with Crippen LogP contribution in [0.15, 0.2) is 0 Å². The molecule has 124 valence electrons. The van der Waals surface area contributed by atoms with Gasteiger partial charge in [-0.3, -0.25) is 4.79 Å². The SMILES string of the molecule is CCCNC(C)(CCCN1CCCC(C)(OC)C1)C(=O)O. The normalized spacial score (nSPS) is 26.5. The van der Waals surface area contributed by atoms with Crippen LogP contribution in [0.25, 0.3) is 0 Å². The molecule has 1 aliphatic heterocycles. The van der Waals surface area contributed by atoms with E-state index < -0.39 is 11.5 Å². The zero-order valence-electron chi connectivity index (χ0n) is 14.1. The Labute approximate surface area is 129 Å². The van der Waals surface area contributed by atoms with Crippen LogP contribution in [0.4, 0.5) is 0 Å². The van der Waals surface area contributed by atoms with E-state index in [9.17, 15) is 9.90 Å². The molecule has 5 heteroatoms. The minimum absolute atomic E-state index is 0.0468. The predicted octanol–water partition coefficient (Wildman–Crippen LogP) is 2.11. The molecule has 1 aliphatic rings. The van der Waals surface area contributed by atoms with E-state index in [2.05, 4.69) is 24.1 Å². The Kier molecular flexibility index (Phi) is 7.10. The van der Waals surface area contributed by atoms with Gasteiger partial charge < -0.3 is 20.1 Å². The number of likely N-dealkylation sites (tertiary alicyclic amines) is 1. The van der Waals surface area contributed by atoms with Crippen LogP contribution in [0.2, 0.25) is 0 Å². The summed E-state index contributed by atoms with van der Waals surface area (Å²) in [5.74, 6) is -0.753.